The summed E-state index contributed by atoms with van der Waals surface area (Å²) in [4.78, 5) is 27.4. The third-order valence-electron chi connectivity index (χ3n) is 4.05. The topological polar surface area (TPSA) is 74.8 Å². The summed E-state index contributed by atoms with van der Waals surface area (Å²) in [6.07, 6.45) is 0.735. The minimum atomic E-state index is -3.01. The summed E-state index contributed by atoms with van der Waals surface area (Å²) in [6.45, 7) is 9.99. The Balaban J connectivity index is 2.68. The van der Waals surface area contributed by atoms with Gasteiger partial charge in [0.25, 0.3) is 0 Å². The van der Waals surface area contributed by atoms with Gasteiger partial charge in [0.2, 0.25) is 11.8 Å². The molecule has 1 aliphatic heterocycles. The van der Waals surface area contributed by atoms with Crippen LogP contribution in [-0.4, -0.2) is 66.2 Å². The Kier molecular flexibility index (Phi) is 6.01. The fraction of sp³-hybridized carbons (Fsp3) is 0.867. The second-order valence-corrected chi connectivity index (χ2v) is 9.06. The molecule has 0 bridgehead atoms. The molecular weight excluding hydrogens is 304 g/mol. The molecule has 0 aromatic rings. The Bertz CT molecular complexity index is 522. The number of nitrogens with zero attached hydrogens (tertiary/aromatic N) is 2. The Hall–Kier alpha value is -1.11. The lowest BCUT2D eigenvalue weighted by Crippen LogP contribution is -2.47. The molecule has 0 radical (unpaired) electrons. The van der Waals surface area contributed by atoms with Gasteiger partial charge in [-0.15, -0.1) is 0 Å². The van der Waals surface area contributed by atoms with Crippen LogP contribution in [0.4, 0.5) is 0 Å². The van der Waals surface area contributed by atoms with Crippen LogP contribution < -0.4 is 0 Å². The van der Waals surface area contributed by atoms with Crippen molar-refractivity contribution < 1.29 is 18.0 Å². The van der Waals surface area contributed by atoms with E-state index in [-0.39, 0.29) is 41.3 Å². The van der Waals surface area contributed by atoms with Crippen LogP contribution in [0.1, 0.15) is 47.5 Å². The molecule has 0 saturated carbocycles. The van der Waals surface area contributed by atoms with E-state index in [1.54, 1.807) is 9.80 Å². The zero-order valence-corrected chi connectivity index (χ0v) is 15.1. The maximum absolute atomic E-state index is 12.4. The summed E-state index contributed by atoms with van der Waals surface area (Å²) in [7, 11) is -3.01. The second-order valence-electron chi connectivity index (χ2n) is 6.83. The van der Waals surface area contributed by atoms with Crippen LogP contribution in [0.5, 0.6) is 0 Å². The van der Waals surface area contributed by atoms with E-state index in [1.807, 2.05) is 27.7 Å². The van der Waals surface area contributed by atoms with Crippen molar-refractivity contribution in [1.82, 2.24) is 9.80 Å². The van der Waals surface area contributed by atoms with Crippen LogP contribution in [-0.2, 0) is 19.4 Å². The minimum absolute atomic E-state index is 0.0578. The van der Waals surface area contributed by atoms with Crippen LogP contribution in [0.25, 0.3) is 0 Å². The smallest absolute Gasteiger partial charge is 0.224 e. The number of carbonyl (C=O) groups is 2. The van der Waals surface area contributed by atoms with Gasteiger partial charge < -0.3 is 9.80 Å². The molecular formula is C15H28N2O4S. The molecule has 0 spiro atoms. The third-order valence-corrected chi connectivity index (χ3v) is 5.80. The Morgan fingerprint density at radius 1 is 1.23 bits per heavy atom. The highest BCUT2D eigenvalue weighted by molar-refractivity contribution is 7.91. The zero-order valence-electron chi connectivity index (χ0n) is 14.3. The minimum Gasteiger partial charge on any atom is -0.339 e. The van der Waals surface area contributed by atoms with Gasteiger partial charge in [0.05, 0.1) is 11.5 Å². The molecule has 128 valence electrons. The fourth-order valence-electron chi connectivity index (χ4n) is 2.98. The number of amides is 2. The summed E-state index contributed by atoms with van der Waals surface area (Å²) in [5.74, 6) is 0.0672. The lowest BCUT2D eigenvalue weighted by molar-refractivity contribution is -0.137. The zero-order chi connectivity index (χ0) is 17.1. The summed E-state index contributed by atoms with van der Waals surface area (Å²) in [5, 5.41) is 0. The molecule has 7 heteroatoms. The predicted octanol–water partition coefficient (Wildman–Crippen LogP) is 1.06. The molecule has 2 amide bonds. The number of hydrogen-bond acceptors (Lipinski definition) is 4. The number of hydrogen-bond donors (Lipinski definition) is 0. The SMILES string of the molecule is CCN(C(=O)CCN(C(C)=O)C(C)(C)C)C1CCS(=O)(=O)C1. The van der Waals surface area contributed by atoms with Crippen molar-refractivity contribution in [3.63, 3.8) is 0 Å². The van der Waals surface area contributed by atoms with Gasteiger partial charge in [-0.25, -0.2) is 8.42 Å². The maximum atomic E-state index is 12.4. The van der Waals surface area contributed by atoms with Crippen LogP contribution in [0, 0.1) is 0 Å². The van der Waals surface area contributed by atoms with Crippen molar-refractivity contribution in [3.05, 3.63) is 0 Å². The molecule has 1 saturated heterocycles. The molecule has 1 unspecified atom stereocenters. The number of sulfone groups is 1. The van der Waals surface area contributed by atoms with Gasteiger partial charge in [-0.1, -0.05) is 0 Å². The molecule has 0 aromatic carbocycles. The van der Waals surface area contributed by atoms with Gasteiger partial charge in [-0.2, -0.15) is 0 Å². The molecule has 0 aliphatic carbocycles. The van der Waals surface area contributed by atoms with E-state index in [1.165, 1.54) is 6.92 Å². The van der Waals surface area contributed by atoms with Gasteiger partial charge in [0.15, 0.2) is 9.84 Å². The Morgan fingerprint density at radius 3 is 2.18 bits per heavy atom. The van der Waals surface area contributed by atoms with E-state index < -0.39 is 9.84 Å². The van der Waals surface area contributed by atoms with Crippen molar-refractivity contribution >= 4 is 21.7 Å². The molecule has 0 aromatic heterocycles. The van der Waals surface area contributed by atoms with Gasteiger partial charge in [0, 0.05) is 38.0 Å². The predicted molar refractivity (Wildman–Crippen MR) is 86.2 cm³/mol. The molecule has 1 fully saturated rings. The maximum Gasteiger partial charge on any atom is 0.224 e. The van der Waals surface area contributed by atoms with Gasteiger partial charge in [-0.3, -0.25) is 9.59 Å². The molecule has 1 atom stereocenters. The molecule has 1 aliphatic rings. The summed E-state index contributed by atoms with van der Waals surface area (Å²) in [6, 6.07) is -0.220. The van der Waals surface area contributed by atoms with Crippen LogP contribution in [0.3, 0.4) is 0 Å². The monoisotopic (exact) mass is 332 g/mol. The molecule has 6 nitrogen and oxygen atoms in total. The lowest BCUT2D eigenvalue weighted by Gasteiger charge is -2.35. The van der Waals surface area contributed by atoms with Crippen molar-refractivity contribution in [3.8, 4) is 0 Å². The molecule has 0 N–H and O–H groups in total. The van der Waals surface area contributed by atoms with Crippen molar-refractivity contribution in [2.75, 3.05) is 24.6 Å². The van der Waals surface area contributed by atoms with Crippen LogP contribution >= 0.6 is 0 Å². The fourth-order valence-corrected chi connectivity index (χ4v) is 4.71. The number of carbonyl (C=O) groups excluding carboxylic acids is 2. The number of rotatable bonds is 5. The molecule has 22 heavy (non-hydrogen) atoms. The van der Waals surface area contributed by atoms with E-state index in [9.17, 15) is 18.0 Å². The van der Waals surface area contributed by atoms with E-state index in [0.29, 0.717) is 19.5 Å². The van der Waals surface area contributed by atoms with Crippen LogP contribution in [0.15, 0.2) is 0 Å². The van der Waals surface area contributed by atoms with E-state index in [0.717, 1.165) is 0 Å². The summed E-state index contributed by atoms with van der Waals surface area (Å²) >= 11 is 0. The average Bonchev–Trinajstić information content (AvgIpc) is 2.68. The van der Waals surface area contributed by atoms with E-state index in [2.05, 4.69) is 0 Å². The first-order chi connectivity index (χ1) is 9.98. The van der Waals surface area contributed by atoms with E-state index in [4.69, 9.17) is 0 Å². The first kappa shape index (κ1) is 18.9. The van der Waals surface area contributed by atoms with Crippen LogP contribution in [0.2, 0.25) is 0 Å². The largest absolute Gasteiger partial charge is 0.339 e. The standard InChI is InChI=1S/C15H28N2O4S/c1-6-16(13-8-10-22(20,21)11-13)14(19)7-9-17(12(2)18)15(3,4)5/h13H,6-11H2,1-5H3. The van der Waals surface area contributed by atoms with Crippen molar-refractivity contribution in [1.29, 1.82) is 0 Å². The third kappa shape index (κ3) is 4.97. The van der Waals surface area contributed by atoms with Gasteiger partial charge in [-0.05, 0) is 34.1 Å². The molecule has 1 rings (SSSR count). The first-order valence-corrected chi connectivity index (χ1v) is 9.58. The quantitative estimate of drug-likeness (QED) is 0.754. The highest BCUT2D eigenvalue weighted by atomic mass is 32.2. The van der Waals surface area contributed by atoms with Gasteiger partial charge >= 0.3 is 0 Å². The highest BCUT2D eigenvalue weighted by Crippen LogP contribution is 2.19. The molecule has 1 heterocycles. The summed E-state index contributed by atoms with van der Waals surface area (Å²) < 4.78 is 23.2. The second kappa shape index (κ2) is 6.98. The Labute approximate surface area is 133 Å². The van der Waals surface area contributed by atoms with Gasteiger partial charge in [0.1, 0.15) is 0 Å². The van der Waals surface area contributed by atoms with Crippen molar-refractivity contribution in [2.24, 2.45) is 0 Å². The van der Waals surface area contributed by atoms with E-state index >= 15 is 0 Å². The Morgan fingerprint density at radius 2 is 1.82 bits per heavy atom. The highest BCUT2D eigenvalue weighted by Gasteiger charge is 2.34. The lowest BCUT2D eigenvalue weighted by atomic mass is 10.1. The first-order valence-electron chi connectivity index (χ1n) is 7.76. The van der Waals surface area contributed by atoms with Crippen molar-refractivity contribution in [2.45, 2.75) is 59.0 Å². The summed E-state index contributed by atoms with van der Waals surface area (Å²) in [5.41, 5.74) is -0.333. The normalized spacial score (nSPS) is 20.7. The average molecular weight is 332 g/mol.